The lowest BCUT2D eigenvalue weighted by atomic mass is 10.1. The van der Waals surface area contributed by atoms with E-state index >= 15 is 0 Å². The maximum atomic E-state index is 12.4. The number of methoxy groups -OCH3 is 1. The molecule has 0 fully saturated rings. The summed E-state index contributed by atoms with van der Waals surface area (Å²) in [7, 11) is 1.43. The van der Waals surface area contributed by atoms with Crippen molar-refractivity contribution in [3.8, 4) is 17.2 Å². The SMILES string of the molecule is CCOc1ccccc1NC(=O)C(=O)N/N=C(\C)c1ccc(OC(=O)c2ccc(Cl)cc2)c(OC)c1. The second-order valence-electron chi connectivity index (χ2n) is 7.28. The largest absolute Gasteiger partial charge is 0.493 e. The van der Waals surface area contributed by atoms with Crippen molar-refractivity contribution in [3.63, 3.8) is 0 Å². The lowest BCUT2D eigenvalue weighted by Gasteiger charge is -2.12. The van der Waals surface area contributed by atoms with Crippen molar-refractivity contribution >= 4 is 40.8 Å². The summed E-state index contributed by atoms with van der Waals surface area (Å²) in [4.78, 5) is 36.9. The fourth-order valence-electron chi connectivity index (χ4n) is 3.00. The second-order valence-corrected chi connectivity index (χ2v) is 7.72. The van der Waals surface area contributed by atoms with Crippen LogP contribution in [0.5, 0.6) is 17.2 Å². The van der Waals surface area contributed by atoms with Gasteiger partial charge in [0, 0.05) is 10.6 Å². The number of benzene rings is 3. The zero-order valence-corrected chi connectivity index (χ0v) is 20.6. The van der Waals surface area contributed by atoms with E-state index in [-0.39, 0.29) is 11.5 Å². The molecule has 0 aliphatic carbocycles. The zero-order valence-electron chi connectivity index (χ0n) is 19.8. The summed E-state index contributed by atoms with van der Waals surface area (Å²) in [5.41, 5.74) is 3.88. The molecule has 0 unspecified atom stereocenters. The highest BCUT2D eigenvalue weighted by Crippen LogP contribution is 2.29. The van der Waals surface area contributed by atoms with E-state index in [0.29, 0.717) is 39.9 Å². The number of para-hydroxylation sites is 2. The normalized spacial score (nSPS) is 10.8. The zero-order chi connectivity index (χ0) is 26.1. The third-order valence-electron chi connectivity index (χ3n) is 4.83. The van der Waals surface area contributed by atoms with Crippen LogP contribution in [0.4, 0.5) is 5.69 Å². The van der Waals surface area contributed by atoms with Crippen molar-refractivity contribution in [2.75, 3.05) is 19.0 Å². The summed E-state index contributed by atoms with van der Waals surface area (Å²) >= 11 is 5.85. The molecule has 0 heterocycles. The fourth-order valence-corrected chi connectivity index (χ4v) is 3.13. The van der Waals surface area contributed by atoms with Crippen LogP contribution in [0.3, 0.4) is 0 Å². The Morgan fingerprint density at radius 1 is 0.889 bits per heavy atom. The molecule has 0 spiro atoms. The van der Waals surface area contributed by atoms with Gasteiger partial charge in [0.15, 0.2) is 11.5 Å². The summed E-state index contributed by atoms with van der Waals surface area (Å²) in [5.74, 6) is -1.51. The average molecular weight is 510 g/mol. The molecule has 0 saturated carbocycles. The molecule has 0 aliphatic heterocycles. The standard InChI is InChI=1S/C26H24ClN3O6/c1-4-35-21-8-6-5-7-20(21)28-24(31)25(32)30-29-16(2)18-11-14-22(23(15-18)34-3)36-26(33)17-9-12-19(27)13-10-17/h5-15H,4H2,1-3H3,(H,28,31)(H,30,32)/b29-16+. The van der Waals surface area contributed by atoms with Crippen LogP contribution < -0.4 is 25.0 Å². The first-order valence-electron chi connectivity index (χ1n) is 10.9. The number of anilines is 1. The van der Waals surface area contributed by atoms with E-state index in [4.69, 9.17) is 25.8 Å². The Morgan fingerprint density at radius 3 is 2.28 bits per heavy atom. The van der Waals surface area contributed by atoms with Crippen LogP contribution in [0, 0.1) is 0 Å². The van der Waals surface area contributed by atoms with Crippen LogP contribution in [0.1, 0.15) is 29.8 Å². The quantitative estimate of drug-likeness (QED) is 0.152. The summed E-state index contributed by atoms with van der Waals surface area (Å²) in [6.07, 6.45) is 0. The minimum Gasteiger partial charge on any atom is -0.493 e. The lowest BCUT2D eigenvalue weighted by Crippen LogP contribution is -2.33. The summed E-state index contributed by atoms with van der Waals surface area (Å²) in [6.45, 7) is 3.86. The predicted molar refractivity (Wildman–Crippen MR) is 136 cm³/mol. The van der Waals surface area contributed by atoms with Gasteiger partial charge in [0.1, 0.15) is 5.75 Å². The number of esters is 1. The van der Waals surface area contributed by atoms with E-state index in [2.05, 4.69) is 15.8 Å². The van der Waals surface area contributed by atoms with E-state index in [9.17, 15) is 14.4 Å². The molecule has 0 aliphatic rings. The van der Waals surface area contributed by atoms with Crippen molar-refractivity contribution in [1.29, 1.82) is 0 Å². The molecule has 2 amide bonds. The number of hydrazone groups is 1. The molecule has 0 aromatic heterocycles. The van der Waals surface area contributed by atoms with Crippen LogP contribution in [-0.2, 0) is 9.59 Å². The van der Waals surface area contributed by atoms with Gasteiger partial charge in [-0.1, -0.05) is 23.7 Å². The third-order valence-corrected chi connectivity index (χ3v) is 5.08. The molecular formula is C26H24ClN3O6. The predicted octanol–water partition coefficient (Wildman–Crippen LogP) is 4.45. The minimum absolute atomic E-state index is 0.199. The van der Waals surface area contributed by atoms with Crippen molar-refractivity contribution in [1.82, 2.24) is 5.43 Å². The number of rotatable bonds is 8. The Labute approximate surface area is 213 Å². The number of ether oxygens (including phenoxy) is 3. The van der Waals surface area contributed by atoms with Crippen molar-refractivity contribution in [2.24, 2.45) is 5.10 Å². The number of carbonyl (C=O) groups excluding carboxylic acids is 3. The summed E-state index contributed by atoms with van der Waals surface area (Å²) in [5, 5.41) is 6.99. The van der Waals surface area contributed by atoms with E-state index in [1.165, 1.54) is 7.11 Å². The molecule has 9 nitrogen and oxygen atoms in total. The van der Waals surface area contributed by atoms with Crippen LogP contribution in [-0.4, -0.2) is 37.2 Å². The molecule has 36 heavy (non-hydrogen) atoms. The fraction of sp³-hybridized carbons (Fsp3) is 0.154. The smallest absolute Gasteiger partial charge is 0.343 e. The number of carbonyl (C=O) groups is 3. The Bertz CT molecular complexity index is 1290. The molecule has 3 aromatic rings. The third kappa shape index (κ3) is 6.83. The molecule has 0 radical (unpaired) electrons. The first-order chi connectivity index (χ1) is 17.3. The maximum Gasteiger partial charge on any atom is 0.343 e. The van der Waals surface area contributed by atoms with Gasteiger partial charge in [0.2, 0.25) is 0 Å². The average Bonchev–Trinajstić information content (AvgIpc) is 2.88. The Kier molecular flexibility index (Phi) is 9.01. The molecular weight excluding hydrogens is 486 g/mol. The number of hydrogen-bond acceptors (Lipinski definition) is 7. The van der Waals surface area contributed by atoms with Gasteiger partial charge in [-0.2, -0.15) is 5.10 Å². The topological polar surface area (TPSA) is 115 Å². The van der Waals surface area contributed by atoms with Gasteiger partial charge in [-0.05, 0) is 68.4 Å². The van der Waals surface area contributed by atoms with E-state index in [1.54, 1.807) is 73.7 Å². The van der Waals surface area contributed by atoms with Gasteiger partial charge in [-0.3, -0.25) is 9.59 Å². The van der Waals surface area contributed by atoms with Gasteiger partial charge in [-0.15, -0.1) is 0 Å². The summed E-state index contributed by atoms with van der Waals surface area (Å²) in [6, 6.07) is 17.8. The molecule has 0 bridgehead atoms. The Hall–Kier alpha value is -4.37. The Morgan fingerprint density at radius 2 is 1.58 bits per heavy atom. The van der Waals surface area contributed by atoms with E-state index in [0.717, 1.165) is 0 Å². The van der Waals surface area contributed by atoms with Crippen molar-refractivity contribution in [2.45, 2.75) is 13.8 Å². The van der Waals surface area contributed by atoms with Crippen molar-refractivity contribution in [3.05, 3.63) is 82.9 Å². The van der Waals surface area contributed by atoms with Crippen molar-refractivity contribution < 1.29 is 28.6 Å². The van der Waals surface area contributed by atoms with Crippen LogP contribution in [0.15, 0.2) is 71.8 Å². The highest BCUT2D eigenvalue weighted by atomic mass is 35.5. The molecule has 0 atom stereocenters. The number of amides is 2. The maximum absolute atomic E-state index is 12.4. The second kappa shape index (κ2) is 12.4. The molecule has 0 saturated heterocycles. The number of hydrogen-bond donors (Lipinski definition) is 2. The monoisotopic (exact) mass is 509 g/mol. The minimum atomic E-state index is -0.957. The number of halogens is 1. The first-order valence-corrected chi connectivity index (χ1v) is 11.2. The van der Waals surface area contributed by atoms with Gasteiger partial charge in [-0.25, -0.2) is 10.2 Å². The number of nitrogens with one attached hydrogen (secondary N) is 2. The van der Waals surface area contributed by atoms with Gasteiger partial charge < -0.3 is 19.5 Å². The highest BCUT2D eigenvalue weighted by molar-refractivity contribution is 6.39. The molecule has 10 heteroatoms. The Balaban J connectivity index is 1.66. The van der Waals surface area contributed by atoms with Crippen LogP contribution >= 0.6 is 11.6 Å². The molecule has 2 N–H and O–H groups in total. The van der Waals surface area contributed by atoms with Gasteiger partial charge >= 0.3 is 17.8 Å². The van der Waals surface area contributed by atoms with Crippen LogP contribution in [0.25, 0.3) is 0 Å². The van der Waals surface area contributed by atoms with E-state index in [1.807, 2.05) is 6.92 Å². The molecule has 3 rings (SSSR count). The van der Waals surface area contributed by atoms with Crippen LogP contribution in [0.2, 0.25) is 5.02 Å². The highest BCUT2D eigenvalue weighted by Gasteiger charge is 2.17. The molecule has 186 valence electrons. The number of nitrogens with zero attached hydrogens (tertiary/aromatic N) is 1. The molecule has 3 aromatic carbocycles. The summed E-state index contributed by atoms with van der Waals surface area (Å²) < 4.78 is 16.2. The lowest BCUT2D eigenvalue weighted by molar-refractivity contribution is -0.136. The van der Waals surface area contributed by atoms with Gasteiger partial charge in [0.05, 0.1) is 30.7 Å². The van der Waals surface area contributed by atoms with Gasteiger partial charge in [0.25, 0.3) is 0 Å². The first kappa shape index (κ1) is 26.2. The van der Waals surface area contributed by atoms with E-state index < -0.39 is 17.8 Å².